The summed E-state index contributed by atoms with van der Waals surface area (Å²) in [6, 6.07) is 11.2. The van der Waals surface area contributed by atoms with Crippen LogP contribution in [-0.4, -0.2) is 17.0 Å². The lowest BCUT2D eigenvalue weighted by molar-refractivity contribution is 0.0950. The standard InChI is InChI=1S/C19H21ClN2O2/c20-18-11-8-15(13-21-18)19(23)22-12-14-6-9-17(10-7-14)24-16-4-2-1-3-5-16/h6-11,13,16H,1-5,12H2,(H,22,23). The van der Waals surface area contributed by atoms with Crippen molar-refractivity contribution in [2.45, 2.75) is 44.8 Å². The first-order valence-corrected chi connectivity index (χ1v) is 8.74. The normalized spacial score (nSPS) is 15.0. The zero-order chi connectivity index (χ0) is 16.8. The zero-order valence-corrected chi connectivity index (χ0v) is 14.3. The summed E-state index contributed by atoms with van der Waals surface area (Å²) in [5.74, 6) is 0.737. The lowest BCUT2D eigenvalue weighted by Gasteiger charge is -2.23. The van der Waals surface area contributed by atoms with Gasteiger partial charge in [-0.25, -0.2) is 4.98 Å². The number of nitrogens with one attached hydrogen (secondary N) is 1. The Morgan fingerprint density at radius 3 is 2.54 bits per heavy atom. The first kappa shape index (κ1) is 16.8. The molecule has 1 aromatic carbocycles. The van der Waals surface area contributed by atoms with E-state index in [1.54, 1.807) is 12.1 Å². The molecule has 1 aromatic heterocycles. The summed E-state index contributed by atoms with van der Waals surface area (Å²) in [7, 11) is 0. The van der Waals surface area contributed by atoms with E-state index < -0.39 is 0 Å². The SMILES string of the molecule is O=C(NCc1ccc(OC2CCCCC2)cc1)c1ccc(Cl)nc1. The number of halogens is 1. The predicted octanol–water partition coefficient (Wildman–Crippen LogP) is 4.38. The van der Waals surface area contributed by atoms with Crippen LogP contribution in [0.4, 0.5) is 0 Å². The number of benzene rings is 1. The second-order valence-corrected chi connectivity index (χ2v) is 6.46. The number of rotatable bonds is 5. The van der Waals surface area contributed by atoms with Gasteiger partial charge in [0.15, 0.2) is 0 Å². The molecule has 24 heavy (non-hydrogen) atoms. The molecular weight excluding hydrogens is 324 g/mol. The largest absolute Gasteiger partial charge is 0.490 e. The van der Waals surface area contributed by atoms with Crippen molar-refractivity contribution in [2.75, 3.05) is 0 Å². The molecule has 0 atom stereocenters. The highest BCUT2D eigenvalue weighted by Gasteiger charge is 2.14. The zero-order valence-electron chi connectivity index (χ0n) is 13.5. The van der Waals surface area contributed by atoms with Crippen molar-refractivity contribution in [1.29, 1.82) is 0 Å². The van der Waals surface area contributed by atoms with E-state index in [1.165, 1.54) is 25.5 Å². The minimum atomic E-state index is -0.165. The van der Waals surface area contributed by atoms with Crippen LogP contribution in [0.15, 0.2) is 42.6 Å². The summed E-state index contributed by atoms with van der Waals surface area (Å²) in [6.07, 6.45) is 7.95. The van der Waals surface area contributed by atoms with Gasteiger partial charge in [-0.1, -0.05) is 30.2 Å². The van der Waals surface area contributed by atoms with Crippen molar-refractivity contribution in [2.24, 2.45) is 0 Å². The molecule has 1 amide bonds. The fourth-order valence-electron chi connectivity index (χ4n) is 2.86. The number of ether oxygens (including phenoxy) is 1. The lowest BCUT2D eigenvalue weighted by Crippen LogP contribution is -2.23. The van der Waals surface area contributed by atoms with E-state index >= 15 is 0 Å². The van der Waals surface area contributed by atoms with Crippen LogP contribution in [-0.2, 0) is 6.54 Å². The molecular formula is C19H21ClN2O2. The van der Waals surface area contributed by atoms with Gasteiger partial charge in [-0.2, -0.15) is 0 Å². The second-order valence-electron chi connectivity index (χ2n) is 6.07. The monoisotopic (exact) mass is 344 g/mol. The van der Waals surface area contributed by atoms with Gasteiger partial charge in [0.1, 0.15) is 10.9 Å². The van der Waals surface area contributed by atoms with Crippen molar-refractivity contribution >= 4 is 17.5 Å². The van der Waals surface area contributed by atoms with Gasteiger partial charge in [0.25, 0.3) is 5.91 Å². The van der Waals surface area contributed by atoms with Gasteiger partial charge in [-0.05, 0) is 55.5 Å². The Hall–Kier alpha value is -2.07. The van der Waals surface area contributed by atoms with Crippen LogP contribution in [0.1, 0.15) is 48.0 Å². The quantitative estimate of drug-likeness (QED) is 0.819. The summed E-state index contributed by atoms with van der Waals surface area (Å²) < 4.78 is 6.01. The van der Waals surface area contributed by atoms with E-state index in [4.69, 9.17) is 16.3 Å². The smallest absolute Gasteiger partial charge is 0.253 e. The average molecular weight is 345 g/mol. The molecule has 2 aromatic rings. The van der Waals surface area contributed by atoms with E-state index in [0.717, 1.165) is 24.2 Å². The highest BCUT2D eigenvalue weighted by Crippen LogP contribution is 2.23. The van der Waals surface area contributed by atoms with Crippen LogP contribution >= 0.6 is 11.6 Å². The average Bonchev–Trinajstić information content (AvgIpc) is 2.62. The number of carbonyl (C=O) groups is 1. The lowest BCUT2D eigenvalue weighted by atomic mass is 9.98. The van der Waals surface area contributed by atoms with E-state index in [9.17, 15) is 4.79 Å². The fraction of sp³-hybridized carbons (Fsp3) is 0.368. The molecule has 3 rings (SSSR count). The molecule has 126 valence electrons. The predicted molar refractivity (Wildman–Crippen MR) is 94.4 cm³/mol. The second kappa shape index (κ2) is 8.15. The molecule has 0 radical (unpaired) electrons. The first-order chi connectivity index (χ1) is 11.7. The van der Waals surface area contributed by atoms with Gasteiger partial charge in [-0.15, -0.1) is 0 Å². The fourth-order valence-corrected chi connectivity index (χ4v) is 2.97. The Morgan fingerprint density at radius 1 is 1.12 bits per heavy atom. The highest BCUT2D eigenvalue weighted by atomic mass is 35.5. The van der Waals surface area contributed by atoms with E-state index in [2.05, 4.69) is 10.3 Å². The number of hydrogen-bond acceptors (Lipinski definition) is 3. The van der Waals surface area contributed by atoms with Gasteiger partial charge in [-0.3, -0.25) is 4.79 Å². The van der Waals surface area contributed by atoms with Gasteiger partial charge < -0.3 is 10.1 Å². The topological polar surface area (TPSA) is 51.2 Å². The molecule has 1 N–H and O–H groups in total. The van der Waals surface area contributed by atoms with Crippen LogP contribution < -0.4 is 10.1 Å². The Morgan fingerprint density at radius 2 is 1.88 bits per heavy atom. The Bertz CT molecular complexity index is 665. The summed E-state index contributed by atoms with van der Waals surface area (Å²) >= 11 is 5.72. The Kier molecular flexibility index (Phi) is 5.70. The minimum absolute atomic E-state index is 0.165. The maximum absolute atomic E-state index is 12.0. The third-order valence-corrected chi connectivity index (χ3v) is 4.44. The molecule has 1 aliphatic rings. The third kappa shape index (κ3) is 4.71. The molecule has 0 aliphatic heterocycles. The maximum atomic E-state index is 12.0. The number of nitrogens with zero attached hydrogens (tertiary/aromatic N) is 1. The molecule has 1 fully saturated rings. The first-order valence-electron chi connectivity index (χ1n) is 8.36. The molecule has 0 spiro atoms. The number of pyridine rings is 1. The molecule has 0 saturated heterocycles. The molecule has 1 aliphatic carbocycles. The van der Waals surface area contributed by atoms with Crippen molar-refractivity contribution in [3.8, 4) is 5.75 Å². The van der Waals surface area contributed by atoms with Crippen molar-refractivity contribution in [1.82, 2.24) is 10.3 Å². The van der Waals surface area contributed by atoms with Gasteiger partial charge >= 0.3 is 0 Å². The Balaban J connectivity index is 1.50. The van der Waals surface area contributed by atoms with Crippen LogP contribution in [0, 0.1) is 0 Å². The van der Waals surface area contributed by atoms with Crippen LogP contribution in [0.3, 0.4) is 0 Å². The number of hydrogen-bond donors (Lipinski definition) is 1. The molecule has 5 heteroatoms. The molecule has 0 bridgehead atoms. The summed E-state index contributed by atoms with van der Waals surface area (Å²) in [6.45, 7) is 0.463. The number of carbonyl (C=O) groups excluding carboxylic acids is 1. The van der Waals surface area contributed by atoms with Gasteiger partial charge in [0, 0.05) is 12.7 Å². The van der Waals surface area contributed by atoms with Crippen molar-refractivity contribution in [3.05, 3.63) is 58.9 Å². The van der Waals surface area contributed by atoms with E-state index in [1.807, 2.05) is 24.3 Å². The van der Waals surface area contributed by atoms with Crippen LogP contribution in [0.5, 0.6) is 5.75 Å². The number of aromatic nitrogens is 1. The maximum Gasteiger partial charge on any atom is 0.253 e. The Labute approximate surface area is 147 Å². The van der Waals surface area contributed by atoms with Gasteiger partial charge in [0.05, 0.1) is 11.7 Å². The molecule has 1 heterocycles. The van der Waals surface area contributed by atoms with Crippen molar-refractivity contribution in [3.63, 3.8) is 0 Å². The molecule has 0 unspecified atom stereocenters. The third-order valence-electron chi connectivity index (χ3n) is 4.22. The van der Waals surface area contributed by atoms with Gasteiger partial charge in [0.2, 0.25) is 0 Å². The van der Waals surface area contributed by atoms with Crippen LogP contribution in [0.2, 0.25) is 5.15 Å². The minimum Gasteiger partial charge on any atom is -0.490 e. The van der Waals surface area contributed by atoms with E-state index in [0.29, 0.717) is 23.4 Å². The van der Waals surface area contributed by atoms with Crippen LogP contribution in [0.25, 0.3) is 0 Å². The molecule has 4 nitrogen and oxygen atoms in total. The summed E-state index contributed by atoms with van der Waals surface area (Å²) in [5.41, 5.74) is 1.53. The summed E-state index contributed by atoms with van der Waals surface area (Å²) in [4.78, 5) is 16.0. The van der Waals surface area contributed by atoms with E-state index in [-0.39, 0.29) is 5.91 Å². The number of amides is 1. The van der Waals surface area contributed by atoms with Crippen molar-refractivity contribution < 1.29 is 9.53 Å². The molecule has 1 saturated carbocycles. The summed E-state index contributed by atoms with van der Waals surface area (Å²) in [5, 5.41) is 3.25. The highest BCUT2D eigenvalue weighted by molar-refractivity contribution is 6.29.